The van der Waals surface area contributed by atoms with Crippen molar-refractivity contribution in [1.29, 1.82) is 5.26 Å². The Labute approximate surface area is 88.7 Å². The molecular formula is C12H12N2O. The van der Waals surface area contributed by atoms with Gasteiger partial charge in [0.25, 0.3) is 0 Å². The van der Waals surface area contributed by atoms with Gasteiger partial charge in [-0.2, -0.15) is 5.26 Å². The maximum Gasteiger partial charge on any atom is 0.227 e. The molecule has 0 bridgehead atoms. The number of nitrogens with zero attached hydrogens (tertiary/aromatic N) is 1. The van der Waals surface area contributed by atoms with Crippen LogP contribution in [0.2, 0.25) is 0 Å². The molecule has 0 aliphatic heterocycles. The third kappa shape index (κ3) is 1.99. The van der Waals surface area contributed by atoms with Gasteiger partial charge in [0.15, 0.2) is 0 Å². The second kappa shape index (κ2) is 3.74. The lowest BCUT2D eigenvalue weighted by Gasteiger charge is -2.05. The summed E-state index contributed by atoms with van der Waals surface area (Å²) >= 11 is 0. The molecule has 1 aliphatic carbocycles. The molecule has 2 rings (SSSR count). The van der Waals surface area contributed by atoms with Crippen molar-refractivity contribution >= 4 is 11.6 Å². The molecule has 0 heterocycles. The van der Waals surface area contributed by atoms with Gasteiger partial charge in [-0.25, -0.2) is 0 Å². The number of carbonyl (C=O) groups excluding carboxylic acids is 1. The van der Waals surface area contributed by atoms with Crippen LogP contribution in [0.4, 0.5) is 5.69 Å². The minimum atomic E-state index is 0.0326. The maximum atomic E-state index is 11.6. The fraction of sp³-hybridized carbons (Fsp3) is 0.333. The predicted molar refractivity (Wildman–Crippen MR) is 57.1 cm³/mol. The Kier molecular flexibility index (Phi) is 2.42. The van der Waals surface area contributed by atoms with Gasteiger partial charge in [0.2, 0.25) is 5.91 Å². The summed E-state index contributed by atoms with van der Waals surface area (Å²) in [5.74, 6) is 0.654. The van der Waals surface area contributed by atoms with Crippen LogP contribution in [0, 0.1) is 23.2 Å². The summed E-state index contributed by atoms with van der Waals surface area (Å²) in [5.41, 5.74) is 1.13. The minimum Gasteiger partial charge on any atom is -0.325 e. The first-order chi connectivity index (χ1) is 7.22. The third-order valence-electron chi connectivity index (χ3n) is 2.75. The SMILES string of the molecule is C[C@@H]1C[C@H]1C(=O)Nc1ccccc1C#N. The first-order valence-corrected chi connectivity index (χ1v) is 5.02. The lowest BCUT2D eigenvalue weighted by molar-refractivity contribution is -0.117. The van der Waals surface area contributed by atoms with E-state index < -0.39 is 0 Å². The van der Waals surface area contributed by atoms with Gasteiger partial charge in [-0.3, -0.25) is 4.79 Å². The minimum absolute atomic E-state index is 0.0326. The summed E-state index contributed by atoms with van der Waals surface area (Å²) < 4.78 is 0. The Balaban J connectivity index is 2.11. The first kappa shape index (κ1) is 9.72. The largest absolute Gasteiger partial charge is 0.325 e. The zero-order valence-corrected chi connectivity index (χ0v) is 8.53. The first-order valence-electron chi connectivity index (χ1n) is 5.02. The van der Waals surface area contributed by atoms with E-state index in [0.29, 0.717) is 17.2 Å². The van der Waals surface area contributed by atoms with E-state index in [9.17, 15) is 4.79 Å². The highest BCUT2D eigenvalue weighted by molar-refractivity contribution is 5.95. The van der Waals surface area contributed by atoms with E-state index in [1.54, 1.807) is 18.2 Å². The summed E-state index contributed by atoms with van der Waals surface area (Å²) in [7, 11) is 0. The number of nitrogens with one attached hydrogen (secondary N) is 1. The van der Waals surface area contributed by atoms with E-state index in [1.165, 1.54) is 0 Å². The fourth-order valence-corrected chi connectivity index (χ4v) is 1.60. The highest BCUT2D eigenvalue weighted by Crippen LogP contribution is 2.38. The van der Waals surface area contributed by atoms with Gasteiger partial charge < -0.3 is 5.32 Å². The van der Waals surface area contributed by atoms with Crippen molar-refractivity contribution in [3.8, 4) is 6.07 Å². The third-order valence-corrected chi connectivity index (χ3v) is 2.75. The zero-order valence-electron chi connectivity index (χ0n) is 8.53. The van der Waals surface area contributed by atoms with Crippen molar-refractivity contribution in [2.45, 2.75) is 13.3 Å². The van der Waals surface area contributed by atoms with E-state index in [-0.39, 0.29) is 11.8 Å². The Bertz CT molecular complexity index is 433. The highest BCUT2D eigenvalue weighted by Gasteiger charge is 2.39. The molecule has 15 heavy (non-hydrogen) atoms. The van der Waals surface area contributed by atoms with Crippen molar-refractivity contribution in [2.75, 3.05) is 5.32 Å². The van der Waals surface area contributed by atoms with E-state index in [2.05, 4.69) is 18.3 Å². The van der Waals surface area contributed by atoms with Crippen molar-refractivity contribution in [3.63, 3.8) is 0 Å². The van der Waals surface area contributed by atoms with E-state index in [4.69, 9.17) is 5.26 Å². The lowest BCUT2D eigenvalue weighted by atomic mass is 10.2. The number of hydrogen-bond donors (Lipinski definition) is 1. The number of rotatable bonds is 2. The fourth-order valence-electron chi connectivity index (χ4n) is 1.60. The Morgan fingerprint density at radius 1 is 1.53 bits per heavy atom. The maximum absolute atomic E-state index is 11.6. The summed E-state index contributed by atoms with van der Waals surface area (Å²) in [6.07, 6.45) is 0.959. The van der Waals surface area contributed by atoms with Gasteiger partial charge >= 0.3 is 0 Å². The summed E-state index contributed by atoms with van der Waals surface area (Å²) in [6.45, 7) is 2.06. The van der Waals surface area contributed by atoms with Crippen LogP contribution in [-0.2, 0) is 4.79 Å². The molecule has 1 aromatic carbocycles. The molecule has 1 aliphatic rings. The Hall–Kier alpha value is -1.82. The van der Waals surface area contributed by atoms with Gasteiger partial charge in [0, 0.05) is 5.92 Å². The van der Waals surface area contributed by atoms with Crippen LogP contribution < -0.4 is 5.32 Å². The summed E-state index contributed by atoms with van der Waals surface area (Å²) in [4.78, 5) is 11.6. The molecule has 0 radical (unpaired) electrons. The van der Waals surface area contributed by atoms with Gasteiger partial charge in [-0.05, 0) is 24.5 Å². The molecule has 3 nitrogen and oxygen atoms in total. The summed E-state index contributed by atoms with van der Waals surface area (Å²) in [6, 6.07) is 9.11. The zero-order chi connectivity index (χ0) is 10.8. The van der Waals surface area contributed by atoms with Crippen LogP contribution in [0.1, 0.15) is 18.9 Å². The van der Waals surface area contributed by atoms with E-state index in [1.807, 2.05) is 6.07 Å². The van der Waals surface area contributed by atoms with Gasteiger partial charge in [-0.15, -0.1) is 0 Å². The standard InChI is InChI=1S/C12H12N2O/c1-8-6-10(8)12(15)14-11-5-3-2-4-9(11)7-13/h2-5,8,10H,6H2,1H3,(H,14,15)/t8-,10-/m1/s1. The van der Waals surface area contributed by atoms with E-state index in [0.717, 1.165) is 6.42 Å². The average Bonchev–Trinajstić information content (AvgIpc) is 2.96. The molecule has 0 unspecified atom stereocenters. The van der Waals surface area contributed by atoms with Crippen molar-refractivity contribution < 1.29 is 4.79 Å². The number of anilines is 1. The quantitative estimate of drug-likeness (QED) is 0.795. The second-order valence-electron chi connectivity index (χ2n) is 3.97. The average molecular weight is 200 g/mol. The predicted octanol–water partition coefficient (Wildman–Crippen LogP) is 2.15. The molecule has 1 amide bonds. The highest BCUT2D eigenvalue weighted by atomic mass is 16.2. The van der Waals surface area contributed by atoms with Gasteiger partial charge in [0.1, 0.15) is 6.07 Å². The number of nitriles is 1. The molecule has 1 N–H and O–H groups in total. The Morgan fingerprint density at radius 3 is 2.80 bits per heavy atom. The van der Waals surface area contributed by atoms with Crippen molar-refractivity contribution in [1.82, 2.24) is 0 Å². The number of benzene rings is 1. The smallest absolute Gasteiger partial charge is 0.227 e. The molecule has 1 aromatic rings. The molecule has 1 saturated carbocycles. The van der Waals surface area contributed by atoms with Crippen LogP contribution in [0.3, 0.4) is 0 Å². The van der Waals surface area contributed by atoms with Crippen LogP contribution in [-0.4, -0.2) is 5.91 Å². The number of para-hydroxylation sites is 1. The van der Waals surface area contributed by atoms with Crippen LogP contribution in [0.25, 0.3) is 0 Å². The van der Waals surface area contributed by atoms with Crippen LogP contribution in [0.15, 0.2) is 24.3 Å². The second-order valence-corrected chi connectivity index (χ2v) is 3.97. The molecule has 0 spiro atoms. The van der Waals surface area contributed by atoms with Crippen molar-refractivity contribution in [3.05, 3.63) is 29.8 Å². The molecule has 76 valence electrons. The van der Waals surface area contributed by atoms with E-state index >= 15 is 0 Å². The number of amides is 1. The normalized spacial score (nSPS) is 22.9. The number of carbonyl (C=O) groups is 1. The topological polar surface area (TPSA) is 52.9 Å². The molecule has 0 aromatic heterocycles. The molecule has 3 heteroatoms. The Morgan fingerprint density at radius 2 is 2.20 bits per heavy atom. The molecule has 1 fully saturated rings. The molecule has 0 saturated heterocycles. The van der Waals surface area contributed by atoms with Crippen LogP contribution in [0.5, 0.6) is 0 Å². The lowest BCUT2D eigenvalue weighted by Crippen LogP contribution is -2.15. The molecular weight excluding hydrogens is 188 g/mol. The summed E-state index contributed by atoms with van der Waals surface area (Å²) in [5, 5.41) is 11.6. The van der Waals surface area contributed by atoms with Crippen LogP contribution >= 0.6 is 0 Å². The number of hydrogen-bond acceptors (Lipinski definition) is 2. The van der Waals surface area contributed by atoms with Crippen molar-refractivity contribution in [2.24, 2.45) is 11.8 Å². The molecule has 2 atom stereocenters. The van der Waals surface area contributed by atoms with Gasteiger partial charge in [0.05, 0.1) is 11.3 Å². The van der Waals surface area contributed by atoms with Gasteiger partial charge in [-0.1, -0.05) is 19.1 Å². The monoisotopic (exact) mass is 200 g/mol.